The second kappa shape index (κ2) is 13.1. The molecule has 8 bridgehead atoms. The van der Waals surface area contributed by atoms with Crippen LogP contribution in [-0.2, 0) is 5.41 Å². The lowest BCUT2D eigenvalue weighted by atomic mass is 9.82. The molecule has 292 valence electrons. The van der Waals surface area contributed by atoms with Crippen molar-refractivity contribution in [3.8, 4) is 27.9 Å². The summed E-state index contributed by atoms with van der Waals surface area (Å²) in [6.07, 6.45) is 0. The predicted octanol–water partition coefficient (Wildman–Crippen LogP) is 16.3. The summed E-state index contributed by atoms with van der Waals surface area (Å²) in [6.45, 7) is 4.75. The molecule has 0 fully saturated rings. The van der Waals surface area contributed by atoms with E-state index >= 15 is 0 Å². The molecule has 1 aliphatic carbocycles. The second-order valence-electron chi connectivity index (χ2n) is 17.4. The van der Waals surface area contributed by atoms with Crippen LogP contribution in [0.2, 0.25) is 0 Å². The first-order valence-electron chi connectivity index (χ1n) is 21.6. The van der Waals surface area contributed by atoms with Crippen LogP contribution < -0.4 is 9.80 Å². The molecule has 11 aromatic rings. The predicted molar refractivity (Wildman–Crippen MR) is 262 cm³/mol. The van der Waals surface area contributed by atoms with Crippen molar-refractivity contribution in [2.75, 3.05) is 9.80 Å². The van der Waals surface area contributed by atoms with Crippen LogP contribution in [0.5, 0.6) is 0 Å². The smallest absolute Gasteiger partial charge is 0.0782 e. The van der Waals surface area contributed by atoms with Gasteiger partial charge in [0.25, 0.3) is 0 Å². The first-order valence-corrected chi connectivity index (χ1v) is 21.6. The summed E-state index contributed by atoms with van der Waals surface area (Å²) in [7, 11) is 0. The third-order valence-electron chi connectivity index (χ3n) is 13.6. The summed E-state index contributed by atoms with van der Waals surface area (Å²) in [4.78, 5) is 4.95. The molecule has 0 saturated carbocycles. The van der Waals surface area contributed by atoms with Crippen molar-refractivity contribution >= 4 is 77.5 Å². The largest absolute Gasteiger partial charge is 0.310 e. The Morgan fingerprint density at radius 1 is 0.339 bits per heavy atom. The van der Waals surface area contributed by atoms with Crippen LogP contribution in [-0.4, -0.2) is 4.57 Å². The Morgan fingerprint density at radius 2 is 0.790 bits per heavy atom. The molecule has 1 aromatic heterocycles. The van der Waals surface area contributed by atoms with Crippen LogP contribution >= 0.6 is 0 Å². The molecular formula is C59H41N3. The molecular weight excluding hydrogens is 751 g/mol. The van der Waals surface area contributed by atoms with Crippen LogP contribution in [0.3, 0.4) is 0 Å². The molecule has 1 aliphatic heterocycles. The van der Waals surface area contributed by atoms with Crippen molar-refractivity contribution in [3.63, 3.8) is 0 Å². The van der Waals surface area contributed by atoms with Gasteiger partial charge in [0.15, 0.2) is 0 Å². The molecule has 0 radical (unpaired) electrons. The van der Waals surface area contributed by atoms with Gasteiger partial charge >= 0.3 is 0 Å². The van der Waals surface area contributed by atoms with E-state index in [9.17, 15) is 0 Å². The number of nitrogens with zero attached hydrogens (tertiary/aromatic N) is 3. The molecule has 0 atom stereocenters. The topological polar surface area (TPSA) is 11.4 Å². The van der Waals surface area contributed by atoms with Crippen molar-refractivity contribution in [1.29, 1.82) is 0 Å². The van der Waals surface area contributed by atoms with Gasteiger partial charge in [-0.3, -0.25) is 0 Å². The Balaban J connectivity index is 1.13. The Labute approximate surface area is 361 Å². The summed E-state index contributed by atoms with van der Waals surface area (Å²) >= 11 is 0. The summed E-state index contributed by atoms with van der Waals surface area (Å²) in [5.74, 6) is 0. The van der Waals surface area contributed by atoms with Gasteiger partial charge in [-0.1, -0.05) is 153 Å². The van der Waals surface area contributed by atoms with E-state index in [1.807, 2.05) is 0 Å². The lowest BCUT2D eigenvalue weighted by Gasteiger charge is -2.29. The lowest BCUT2D eigenvalue weighted by molar-refractivity contribution is 0.660. The monoisotopic (exact) mass is 791 g/mol. The first kappa shape index (κ1) is 34.9. The molecule has 10 aromatic carbocycles. The van der Waals surface area contributed by atoms with E-state index in [2.05, 4.69) is 241 Å². The second-order valence-corrected chi connectivity index (χ2v) is 17.4. The van der Waals surface area contributed by atoms with Gasteiger partial charge in [-0.25, -0.2) is 0 Å². The number of rotatable bonds is 3. The quantitative estimate of drug-likeness (QED) is 0.177. The van der Waals surface area contributed by atoms with E-state index in [0.717, 1.165) is 45.3 Å². The molecule has 62 heavy (non-hydrogen) atoms. The molecule has 2 heterocycles. The highest BCUT2D eigenvalue weighted by Crippen LogP contribution is 2.54. The van der Waals surface area contributed by atoms with E-state index < -0.39 is 0 Å². The first-order chi connectivity index (χ1) is 30.5. The zero-order valence-electron chi connectivity index (χ0n) is 34.5. The molecule has 13 rings (SSSR count). The minimum absolute atomic E-state index is 0.175. The highest BCUT2D eigenvalue weighted by Gasteiger charge is 2.37. The summed E-state index contributed by atoms with van der Waals surface area (Å²) in [5.41, 5.74) is 17.7. The van der Waals surface area contributed by atoms with E-state index in [4.69, 9.17) is 0 Å². The summed E-state index contributed by atoms with van der Waals surface area (Å²) in [5, 5.41) is 7.34. The molecule has 0 N–H and O–H groups in total. The standard InChI is InChI=1S/C59H41N3/c1-59(2)52-32-30-44-36-50(52)51-37-45(31-33-53(51)59)61(43-21-10-19-41(35-43)40-18-9-20-42(34-40)60(44)54-27-11-16-38-14-3-5-22-46(38)54)57-29-13-25-49-48-24-7-8-26-56(48)62(58(49)57)55-28-12-17-39-15-4-6-23-47(39)55/h3-37H,1-2H3. The normalized spacial score (nSPS) is 13.7. The highest BCUT2D eigenvalue weighted by atomic mass is 15.2. The van der Waals surface area contributed by atoms with Gasteiger partial charge in [0.1, 0.15) is 0 Å². The number of para-hydroxylation sites is 2. The Bertz CT molecular complexity index is 3630. The van der Waals surface area contributed by atoms with E-state index in [1.165, 1.54) is 71.3 Å². The van der Waals surface area contributed by atoms with Crippen molar-refractivity contribution < 1.29 is 0 Å². The maximum Gasteiger partial charge on any atom is 0.0782 e. The lowest BCUT2D eigenvalue weighted by Crippen LogP contribution is -2.16. The van der Waals surface area contributed by atoms with Crippen molar-refractivity contribution in [1.82, 2.24) is 4.57 Å². The number of hydrogen-bond acceptors (Lipinski definition) is 2. The maximum absolute atomic E-state index is 2.50. The Kier molecular flexibility index (Phi) is 7.36. The highest BCUT2D eigenvalue weighted by molar-refractivity contribution is 6.15. The zero-order valence-corrected chi connectivity index (χ0v) is 34.5. The third kappa shape index (κ3) is 5.00. The average molecular weight is 792 g/mol. The van der Waals surface area contributed by atoms with Crippen molar-refractivity contribution in [2.45, 2.75) is 19.3 Å². The SMILES string of the molecule is CC1(C)c2ccc3cc2-c2cc(ccc21)N(c1cccc2c4ccccc4n(-c4cccc5ccccc45)c12)c1cccc(c1)-c1cccc(c1)N3c1cccc2ccccc12. The zero-order chi connectivity index (χ0) is 41.1. The van der Waals surface area contributed by atoms with Gasteiger partial charge in [0.2, 0.25) is 0 Å². The van der Waals surface area contributed by atoms with Gasteiger partial charge in [0.05, 0.1) is 28.1 Å². The van der Waals surface area contributed by atoms with Crippen LogP contribution in [0.4, 0.5) is 34.1 Å². The molecule has 2 aliphatic rings. The fraction of sp³-hybridized carbons (Fsp3) is 0.0508. The fourth-order valence-electron chi connectivity index (χ4n) is 10.8. The minimum atomic E-state index is -0.175. The van der Waals surface area contributed by atoms with Crippen LogP contribution in [0, 0.1) is 0 Å². The van der Waals surface area contributed by atoms with E-state index in [-0.39, 0.29) is 5.41 Å². The van der Waals surface area contributed by atoms with Crippen LogP contribution in [0.15, 0.2) is 212 Å². The minimum Gasteiger partial charge on any atom is -0.310 e. The Hall–Kier alpha value is -7.88. The van der Waals surface area contributed by atoms with Gasteiger partial charge in [0, 0.05) is 49.7 Å². The van der Waals surface area contributed by atoms with Crippen LogP contribution in [0.25, 0.3) is 71.3 Å². The third-order valence-corrected chi connectivity index (χ3v) is 13.6. The average Bonchev–Trinajstić information content (AvgIpc) is 3.77. The molecule has 0 spiro atoms. The molecule has 3 heteroatoms. The fourth-order valence-corrected chi connectivity index (χ4v) is 10.8. The maximum atomic E-state index is 2.50. The molecule has 0 saturated heterocycles. The van der Waals surface area contributed by atoms with Crippen molar-refractivity contribution in [2.24, 2.45) is 0 Å². The molecule has 0 unspecified atom stereocenters. The number of aromatic nitrogens is 1. The van der Waals surface area contributed by atoms with Crippen molar-refractivity contribution in [3.05, 3.63) is 223 Å². The van der Waals surface area contributed by atoms with Gasteiger partial charge < -0.3 is 14.4 Å². The van der Waals surface area contributed by atoms with Gasteiger partial charge in [-0.15, -0.1) is 0 Å². The number of hydrogen-bond donors (Lipinski definition) is 0. The summed E-state index contributed by atoms with van der Waals surface area (Å²) < 4.78 is 2.50. The summed E-state index contributed by atoms with van der Waals surface area (Å²) in [6, 6.07) is 79.0. The van der Waals surface area contributed by atoms with E-state index in [1.54, 1.807) is 0 Å². The number of benzene rings is 10. The Morgan fingerprint density at radius 3 is 1.44 bits per heavy atom. The number of fused-ring (bicyclic) bond motifs is 12. The van der Waals surface area contributed by atoms with Gasteiger partial charge in [-0.2, -0.15) is 0 Å². The molecule has 0 amide bonds. The van der Waals surface area contributed by atoms with E-state index in [0.29, 0.717) is 0 Å². The number of anilines is 6. The van der Waals surface area contributed by atoms with Crippen LogP contribution in [0.1, 0.15) is 25.0 Å². The van der Waals surface area contributed by atoms with Gasteiger partial charge in [-0.05, 0) is 117 Å². The molecule has 3 nitrogen and oxygen atoms in total.